The molecule has 0 radical (unpaired) electrons. The maximum Gasteiger partial charge on any atom is 1.00 e. The average Bonchev–Trinajstić information content (AvgIpc) is 2.55. The first-order valence-electron chi connectivity index (χ1n) is 10.1. The van der Waals surface area contributed by atoms with Gasteiger partial charge in [-0.25, -0.2) is 0 Å². The van der Waals surface area contributed by atoms with Gasteiger partial charge in [-0.3, -0.25) is 0 Å². The van der Waals surface area contributed by atoms with Crippen molar-refractivity contribution in [2.75, 3.05) is 0 Å². The van der Waals surface area contributed by atoms with E-state index in [1.165, 1.54) is 5.56 Å². The summed E-state index contributed by atoms with van der Waals surface area (Å²) in [5, 5.41) is 13.3. The molecule has 0 fully saturated rings. The Labute approximate surface area is 189 Å². The standard InChI is InChI=1S/C26H36O2.Li/c1-17(2)22(19-13-11-10-12-14-19)24(27)28-23-20(25(4,5)6)15-18(3)16-21(23)26(7,8)9;/h10-17,27H,1-9H3;/q;+1/p-1/b24-22+;. The van der Waals surface area contributed by atoms with Crippen LogP contribution in [-0.2, 0) is 10.8 Å². The van der Waals surface area contributed by atoms with E-state index in [9.17, 15) is 5.11 Å². The van der Waals surface area contributed by atoms with Crippen LogP contribution in [0.3, 0.4) is 0 Å². The van der Waals surface area contributed by atoms with Crippen LogP contribution in [0.1, 0.15) is 77.6 Å². The van der Waals surface area contributed by atoms with Crippen molar-refractivity contribution in [3.05, 3.63) is 70.7 Å². The van der Waals surface area contributed by atoms with Crippen molar-refractivity contribution in [2.45, 2.75) is 73.1 Å². The number of aryl methyl sites for hydroxylation is 1. The summed E-state index contributed by atoms with van der Waals surface area (Å²) in [7, 11) is 0. The first kappa shape index (κ1) is 25.4. The smallest absolute Gasteiger partial charge is 0.579 e. The fraction of sp³-hybridized carbons (Fsp3) is 0.462. The van der Waals surface area contributed by atoms with E-state index in [0.717, 1.165) is 16.7 Å². The molecule has 0 amide bonds. The molecule has 2 aromatic rings. The van der Waals surface area contributed by atoms with E-state index in [2.05, 4.69) is 60.6 Å². The molecular formula is C26H35LiO2. The van der Waals surface area contributed by atoms with Gasteiger partial charge in [-0.2, -0.15) is 0 Å². The van der Waals surface area contributed by atoms with Crippen molar-refractivity contribution < 1.29 is 28.7 Å². The zero-order valence-electron chi connectivity index (χ0n) is 19.9. The number of ether oxygens (including phenoxy) is 1. The molecule has 2 nitrogen and oxygen atoms in total. The summed E-state index contributed by atoms with van der Waals surface area (Å²) in [5.41, 5.74) is 4.69. The van der Waals surface area contributed by atoms with E-state index >= 15 is 0 Å². The zero-order valence-corrected chi connectivity index (χ0v) is 19.9. The van der Waals surface area contributed by atoms with Gasteiger partial charge in [-0.15, -0.1) is 0 Å². The van der Waals surface area contributed by atoms with E-state index in [-0.39, 0.29) is 41.6 Å². The van der Waals surface area contributed by atoms with Gasteiger partial charge in [0.2, 0.25) is 0 Å². The molecule has 2 aromatic carbocycles. The molecule has 152 valence electrons. The third-order valence-electron chi connectivity index (χ3n) is 4.93. The Kier molecular flexibility index (Phi) is 8.29. The molecule has 0 saturated carbocycles. The van der Waals surface area contributed by atoms with E-state index < -0.39 is 0 Å². The molecule has 2 rings (SSSR count). The Morgan fingerprint density at radius 3 is 1.69 bits per heavy atom. The summed E-state index contributed by atoms with van der Waals surface area (Å²) < 4.78 is 6.19. The van der Waals surface area contributed by atoms with E-state index in [0.29, 0.717) is 11.3 Å². The first-order chi connectivity index (χ1) is 12.8. The normalized spacial score (nSPS) is 13.0. The van der Waals surface area contributed by atoms with Crippen LogP contribution >= 0.6 is 0 Å². The minimum atomic E-state index is -0.263. The van der Waals surface area contributed by atoms with Gasteiger partial charge in [-0.05, 0) is 45.9 Å². The van der Waals surface area contributed by atoms with Crippen LogP contribution in [0.2, 0.25) is 0 Å². The van der Waals surface area contributed by atoms with E-state index in [4.69, 9.17) is 4.74 Å². The second-order valence-electron chi connectivity index (χ2n) is 10.0. The molecule has 0 aliphatic heterocycles. The van der Waals surface area contributed by atoms with Crippen LogP contribution < -0.4 is 28.7 Å². The summed E-state index contributed by atoms with van der Waals surface area (Å²) in [6.07, 6.45) is 0. The molecule has 0 heterocycles. The van der Waals surface area contributed by atoms with Gasteiger partial charge in [0.25, 0.3) is 0 Å². The van der Waals surface area contributed by atoms with Gasteiger partial charge in [0.1, 0.15) is 0 Å². The predicted octanol–water partition coefficient (Wildman–Crippen LogP) is 3.36. The molecule has 0 N–H and O–H groups in total. The van der Waals surface area contributed by atoms with Crippen LogP contribution in [0.15, 0.2) is 48.4 Å². The van der Waals surface area contributed by atoms with Gasteiger partial charge in [0, 0.05) is 5.75 Å². The molecule has 0 aromatic heterocycles. The van der Waals surface area contributed by atoms with Gasteiger partial charge in [0.05, 0.1) is 5.95 Å². The maximum atomic E-state index is 13.3. The minimum Gasteiger partial charge on any atom is -0.579 e. The SMILES string of the molecule is Cc1cc(C(C)(C)C)c(O/C([O-])=C(/c2ccccc2)C(C)C)c(C(C)(C)C)c1.[Li+]. The van der Waals surface area contributed by atoms with Crippen LogP contribution in [0.5, 0.6) is 5.75 Å². The van der Waals surface area contributed by atoms with Gasteiger partial charge in [0.15, 0.2) is 0 Å². The second kappa shape index (κ2) is 9.46. The summed E-state index contributed by atoms with van der Waals surface area (Å²) in [4.78, 5) is 0. The predicted molar refractivity (Wildman–Crippen MR) is 117 cm³/mol. The molecule has 0 atom stereocenters. The third-order valence-corrected chi connectivity index (χ3v) is 4.93. The number of allylic oxidation sites excluding steroid dienone is 1. The van der Waals surface area contributed by atoms with Crippen molar-refractivity contribution in [1.29, 1.82) is 0 Å². The molecule has 0 spiro atoms. The summed E-state index contributed by atoms with van der Waals surface area (Å²) in [6.45, 7) is 19.1. The van der Waals surface area contributed by atoms with Crippen LogP contribution in [-0.4, -0.2) is 0 Å². The fourth-order valence-corrected chi connectivity index (χ4v) is 3.45. The van der Waals surface area contributed by atoms with Crippen LogP contribution in [0, 0.1) is 12.8 Å². The van der Waals surface area contributed by atoms with Gasteiger partial charge >= 0.3 is 18.9 Å². The number of hydrogen-bond donors (Lipinski definition) is 0. The van der Waals surface area contributed by atoms with Crippen molar-refractivity contribution >= 4 is 5.57 Å². The quantitative estimate of drug-likeness (QED) is 0.596. The first-order valence-corrected chi connectivity index (χ1v) is 10.1. The zero-order chi connectivity index (χ0) is 21.3. The minimum absolute atomic E-state index is 0. The van der Waals surface area contributed by atoms with Gasteiger partial charge in [-0.1, -0.05) is 103 Å². The Morgan fingerprint density at radius 1 is 0.862 bits per heavy atom. The molecule has 0 aliphatic carbocycles. The molecular weight excluding hydrogens is 351 g/mol. The van der Waals surface area contributed by atoms with Crippen molar-refractivity contribution in [1.82, 2.24) is 0 Å². The monoisotopic (exact) mass is 386 g/mol. The Hall–Kier alpha value is -1.62. The third kappa shape index (κ3) is 6.18. The number of benzene rings is 2. The second-order valence-corrected chi connectivity index (χ2v) is 10.0. The van der Waals surface area contributed by atoms with Crippen LogP contribution in [0.4, 0.5) is 0 Å². The molecule has 29 heavy (non-hydrogen) atoms. The summed E-state index contributed by atoms with van der Waals surface area (Å²) >= 11 is 0. The molecule has 0 unspecified atom stereocenters. The number of hydrogen-bond acceptors (Lipinski definition) is 2. The summed E-state index contributed by atoms with van der Waals surface area (Å²) in [5.74, 6) is 0.516. The molecule has 0 saturated heterocycles. The van der Waals surface area contributed by atoms with E-state index in [1.54, 1.807) is 0 Å². The largest absolute Gasteiger partial charge is 1.00 e. The van der Waals surface area contributed by atoms with Crippen molar-refractivity contribution in [3.63, 3.8) is 0 Å². The van der Waals surface area contributed by atoms with E-state index in [1.807, 2.05) is 44.2 Å². The Balaban J connectivity index is 0.00000420. The number of rotatable bonds is 4. The molecule has 0 bridgehead atoms. The Bertz CT molecular complexity index is 816. The fourth-order valence-electron chi connectivity index (χ4n) is 3.45. The van der Waals surface area contributed by atoms with Crippen molar-refractivity contribution in [2.24, 2.45) is 5.92 Å². The van der Waals surface area contributed by atoms with Crippen molar-refractivity contribution in [3.8, 4) is 5.75 Å². The topological polar surface area (TPSA) is 32.3 Å². The van der Waals surface area contributed by atoms with Crippen LogP contribution in [0.25, 0.3) is 5.57 Å². The molecule has 0 aliphatic rings. The molecule has 3 heteroatoms. The maximum absolute atomic E-state index is 13.3. The summed E-state index contributed by atoms with van der Waals surface area (Å²) in [6, 6.07) is 14.1. The van der Waals surface area contributed by atoms with Gasteiger partial charge < -0.3 is 9.84 Å². The average molecular weight is 387 g/mol. The Morgan fingerprint density at radius 2 is 1.31 bits per heavy atom.